The smallest absolute Gasteiger partial charge is 0.162 e. The van der Waals surface area contributed by atoms with Crippen molar-refractivity contribution in [2.24, 2.45) is 0 Å². The fourth-order valence-electron chi connectivity index (χ4n) is 1.88. The van der Waals surface area contributed by atoms with Crippen molar-refractivity contribution >= 4 is 11.3 Å². The summed E-state index contributed by atoms with van der Waals surface area (Å²) in [5, 5.41) is 6.31. The highest BCUT2D eigenvalue weighted by atomic mass is 32.1. The molecule has 0 amide bonds. The van der Waals surface area contributed by atoms with Crippen LogP contribution in [0.2, 0.25) is 0 Å². The van der Waals surface area contributed by atoms with Gasteiger partial charge < -0.3 is 14.8 Å². The summed E-state index contributed by atoms with van der Waals surface area (Å²) >= 11 is 1.67. The molecule has 0 aliphatic carbocycles. The number of ether oxygens (including phenoxy) is 2. The number of nitrogens with zero attached hydrogens (tertiary/aromatic N) is 1. The van der Waals surface area contributed by atoms with Crippen molar-refractivity contribution < 1.29 is 9.47 Å². The lowest BCUT2D eigenvalue weighted by atomic mass is 10.2. The summed E-state index contributed by atoms with van der Waals surface area (Å²) in [6, 6.07) is 5.96. The molecule has 1 aromatic heterocycles. The second-order valence-corrected chi connectivity index (χ2v) is 5.33. The fraction of sp³-hybridized carbons (Fsp3) is 0.400. The minimum absolute atomic E-state index is 0.468. The summed E-state index contributed by atoms with van der Waals surface area (Å²) in [5.41, 5.74) is 2.13. The first-order chi connectivity index (χ1) is 9.76. The van der Waals surface area contributed by atoms with Gasteiger partial charge in [0, 0.05) is 11.9 Å². The van der Waals surface area contributed by atoms with Crippen LogP contribution >= 0.6 is 11.3 Å². The van der Waals surface area contributed by atoms with E-state index in [0.717, 1.165) is 40.7 Å². The van der Waals surface area contributed by atoms with Crippen LogP contribution in [-0.4, -0.2) is 19.1 Å². The van der Waals surface area contributed by atoms with E-state index in [0.29, 0.717) is 6.61 Å². The van der Waals surface area contributed by atoms with Crippen LogP contribution < -0.4 is 14.8 Å². The van der Waals surface area contributed by atoms with E-state index in [-0.39, 0.29) is 0 Å². The zero-order valence-electron chi connectivity index (χ0n) is 12.1. The van der Waals surface area contributed by atoms with Crippen LogP contribution in [0.4, 0.5) is 0 Å². The molecule has 4 nitrogen and oxygen atoms in total. The molecule has 0 fully saturated rings. The van der Waals surface area contributed by atoms with Crippen molar-refractivity contribution in [2.75, 3.05) is 14.2 Å². The van der Waals surface area contributed by atoms with Crippen LogP contribution in [0.25, 0.3) is 0 Å². The second kappa shape index (κ2) is 7.26. The van der Waals surface area contributed by atoms with E-state index >= 15 is 0 Å². The molecule has 5 heteroatoms. The monoisotopic (exact) mass is 292 g/mol. The van der Waals surface area contributed by atoms with Crippen LogP contribution in [0.1, 0.15) is 23.2 Å². The zero-order chi connectivity index (χ0) is 14.4. The average molecular weight is 292 g/mol. The Hall–Kier alpha value is -1.59. The minimum atomic E-state index is 0.468. The third-order valence-corrected chi connectivity index (χ3v) is 3.93. The number of aromatic nitrogens is 1. The highest BCUT2D eigenvalue weighted by molar-refractivity contribution is 7.09. The van der Waals surface area contributed by atoms with Crippen LogP contribution in [0, 0.1) is 0 Å². The van der Waals surface area contributed by atoms with E-state index in [4.69, 9.17) is 9.47 Å². The predicted octanol–water partition coefficient (Wildman–Crippen LogP) is 3.01. The van der Waals surface area contributed by atoms with Gasteiger partial charge in [0.25, 0.3) is 0 Å². The summed E-state index contributed by atoms with van der Waals surface area (Å²) in [4.78, 5) is 4.50. The Morgan fingerprint density at radius 1 is 1.30 bits per heavy atom. The molecule has 0 saturated carbocycles. The molecule has 108 valence electrons. The fourth-order valence-corrected chi connectivity index (χ4v) is 2.61. The van der Waals surface area contributed by atoms with E-state index in [1.165, 1.54) is 0 Å². The molecule has 2 rings (SSSR count). The van der Waals surface area contributed by atoms with Crippen molar-refractivity contribution in [3.63, 3.8) is 0 Å². The van der Waals surface area contributed by atoms with Gasteiger partial charge in [-0.15, -0.1) is 11.3 Å². The van der Waals surface area contributed by atoms with E-state index in [2.05, 4.69) is 17.2 Å². The Bertz CT molecular complexity index is 555. The summed E-state index contributed by atoms with van der Waals surface area (Å²) in [6.07, 6.45) is 0.964. The maximum absolute atomic E-state index is 5.85. The van der Waals surface area contributed by atoms with E-state index in [1.54, 1.807) is 18.4 Å². The average Bonchev–Trinajstić information content (AvgIpc) is 2.93. The minimum Gasteiger partial charge on any atom is -0.493 e. The largest absolute Gasteiger partial charge is 0.493 e. The number of aryl methyl sites for hydroxylation is 1. The van der Waals surface area contributed by atoms with Gasteiger partial charge in [0.15, 0.2) is 11.5 Å². The number of thiazole rings is 1. The van der Waals surface area contributed by atoms with Gasteiger partial charge in [0.2, 0.25) is 0 Å². The van der Waals surface area contributed by atoms with Crippen molar-refractivity contribution in [3.8, 4) is 11.5 Å². The molecule has 1 heterocycles. The zero-order valence-corrected chi connectivity index (χ0v) is 12.9. The summed E-state index contributed by atoms with van der Waals surface area (Å²) < 4.78 is 11.2. The summed E-state index contributed by atoms with van der Waals surface area (Å²) in [5.74, 6) is 1.50. The topological polar surface area (TPSA) is 43.4 Å². The first-order valence-corrected chi connectivity index (χ1v) is 7.52. The van der Waals surface area contributed by atoms with Crippen LogP contribution in [0.3, 0.4) is 0 Å². The highest BCUT2D eigenvalue weighted by Gasteiger charge is 2.07. The summed E-state index contributed by atoms with van der Waals surface area (Å²) in [6.45, 7) is 3.38. The molecule has 20 heavy (non-hydrogen) atoms. The third kappa shape index (κ3) is 3.71. The molecule has 0 radical (unpaired) electrons. The van der Waals surface area contributed by atoms with Crippen LogP contribution in [0.15, 0.2) is 23.6 Å². The van der Waals surface area contributed by atoms with Gasteiger partial charge in [-0.05, 0) is 31.2 Å². The number of benzene rings is 1. The molecular formula is C15H20N2O2S. The Morgan fingerprint density at radius 2 is 2.15 bits per heavy atom. The SMILES string of the molecule is CCc1nc(COc2cc(CNC)ccc2OC)cs1. The van der Waals surface area contributed by atoms with Crippen molar-refractivity contribution in [3.05, 3.63) is 39.8 Å². The first-order valence-electron chi connectivity index (χ1n) is 6.64. The maximum Gasteiger partial charge on any atom is 0.162 e. The number of methoxy groups -OCH3 is 1. The van der Waals surface area contributed by atoms with Gasteiger partial charge in [0.05, 0.1) is 17.8 Å². The molecule has 0 aliphatic heterocycles. The number of rotatable bonds is 7. The van der Waals surface area contributed by atoms with E-state index in [9.17, 15) is 0 Å². The molecule has 0 aliphatic rings. The number of nitrogens with one attached hydrogen (secondary N) is 1. The van der Waals surface area contributed by atoms with Gasteiger partial charge in [-0.2, -0.15) is 0 Å². The Kier molecular flexibility index (Phi) is 5.38. The Labute approximate surface area is 123 Å². The predicted molar refractivity (Wildman–Crippen MR) is 81.6 cm³/mol. The molecule has 0 spiro atoms. The Balaban J connectivity index is 2.08. The maximum atomic E-state index is 5.85. The first kappa shape index (κ1) is 14.8. The standard InChI is InChI=1S/C15H20N2O2S/c1-4-15-17-12(10-20-15)9-19-14-7-11(8-16-2)5-6-13(14)18-3/h5-7,10,16H,4,8-9H2,1-3H3. The molecule has 0 atom stereocenters. The quantitative estimate of drug-likeness (QED) is 0.852. The van der Waals surface area contributed by atoms with Crippen molar-refractivity contribution in [1.82, 2.24) is 10.3 Å². The number of hydrogen-bond donors (Lipinski definition) is 1. The number of hydrogen-bond acceptors (Lipinski definition) is 5. The van der Waals surface area contributed by atoms with E-state index in [1.807, 2.05) is 30.6 Å². The molecule has 1 N–H and O–H groups in total. The molecular weight excluding hydrogens is 272 g/mol. The lowest BCUT2D eigenvalue weighted by molar-refractivity contribution is 0.281. The Morgan fingerprint density at radius 3 is 2.80 bits per heavy atom. The van der Waals surface area contributed by atoms with Gasteiger partial charge in [-0.25, -0.2) is 4.98 Å². The molecule has 0 unspecified atom stereocenters. The van der Waals surface area contributed by atoms with Gasteiger partial charge in [-0.3, -0.25) is 0 Å². The van der Waals surface area contributed by atoms with Crippen LogP contribution in [0.5, 0.6) is 11.5 Å². The lowest BCUT2D eigenvalue weighted by Gasteiger charge is -2.11. The summed E-state index contributed by atoms with van der Waals surface area (Å²) in [7, 11) is 3.57. The molecule has 2 aromatic rings. The van der Waals surface area contributed by atoms with Crippen molar-refractivity contribution in [2.45, 2.75) is 26.5 Å². The third-order valence-electron chi connectivity index (χ3n) is 2.89. The molecule has 0 bridgehead atoms. The van der Waals surface area contributed by atoms with E-state index < -0.39 is 0 Å². The van der Waals surface area contributed by atoms with Gasteiger partial charge >= 0.3 is 0 Å². The normalized spacial score (nSPS) is 10.6. The van der Waals surface area contributed by atoms with Gasteiger partial charge in [0.1, 0.15) is 6.61 Å². The molecule has 1 aromatic carbocycles. The highest BCUT2D eigenvalue weighted by Crippen LogP contribution is 2.29. The van der Waals surface area contributed by atoms with Crippen LogP contribution in [-0.2, 0) is 19.6 Å². The lowest BCUT2D eigenvalue weighted by Crippen LogP contribution is -2.06. The van der Waals surface area contributed by atoms with Gasteiger partial charge in [-0.1, -0.05) is 13.0 Å². The molecule has 0 saturated heterocycles. The van der Waals surface area contributed by atoms with Crippen molar-refractivity contribution in [1.29, 1.82) is 0 Å². The second-order valence-electron chi connectivity index (χ2n) is 4.39.